The second-order valence-electron chi connectivity index (χ2n) is 3.30. The number of rotatable bonds is 2. The van der Waals surface area contributed by atoms with E-state index in [1.54, 1.807) is 25.1 Å². The van der Waals surface area contributed by atoms with Gasteiger partial charge < -0.3 is 9.72 Å². The summed E-state index contributed by atoms with van der Waals surface area (Å²) < 4.78 is 14.3. The van der Waals surface area contributed by atoms with Crippen LogP contribution in [0.3, 0.4) is 0 Å². The SMILES string of the molecule is CCOC(=O)c1c[nH]c2ccccc2c1=O.CF. The Morgan fingerprint density at radius 3 is 2.67 bits per heavy atom. The van der Waals surface area contributed by atoms with Crippen LogP contribution in [0.25, 0.3) is 10.9 Å². The molecular weight excluding hydrogens is 237 g/mol. The third-order valence-electron chi connectivity index (χ3n) is 2.28. The highest BCUT2D eigenvalue weighted by atomic mass is 19.1. The van der Waals surface area contributed by atoms with Crippen LogP contribution in [0.15, 0.2) is 35.3 Å². The van der Waals surface area contributed by atoms with Gasteiger partial charge in [0.15, 0.2) is 0 Å². The van der Waals surface area contributed by atoms with Gasteiger partial charge in [-0.3, -0.25) is 9.18 Å². The second kappa shape index (κ2) is 6.54. The third kappa shape index (κ3) is 2.74. The van der Waals surface area contributed by atoms with Gasteiger partial charge in [0.2, 0.25) is 5.43 Å². The molecule has 0 fully saturated rings. The topological polar surface area (TPSA) is 59.2 Å². The number of para-hydroxylation sites is 1. The summed E-state index contributed by atoms with van der Waals surface area (Å²) in [5, 5.41) is 0.494. The fourth-order valence-electron chi connectivity index (χ4n) is 1.53. The van der Waals surface area contributed by atoms with Crippen molar-refractivity contribution < 1.29 is 13.9 Å². The molecule has 0 saturated carbocycles. The molecule has 1 aromatic heterocycles. The number of carbonyl (C=O) groups is 1. The lowest BCUT2D eigenvalue weighted by molar-refractivity contribution is 0.0524. The molecule has 0 aliphatic carbocycles. The molecule has 18 heavy (non-hydrogen) atoms. The summed E-state index contributed by atoms with van der Waals surface area (Å²) in [4.78, 5) is 26.3. The molecule has 0 atom stereocenters. The van der Waals surface area contributed by atoms with Crippen molar-refractivity contribution in [2.24, 2.45) is 0 Å². The maximum absolute atomic E-state index is 11.9. The minimum atomic E-state index is -0.588. The highest BCUT2D eigenvalue weighted by Gasteiger charge is 2.12. The lowest BCUT2D eigenvalue weighted by Crippen LogP contribution is -2.17. The summed E-state index contributed by atoms with van der Waals surface area (Å²) in [6.45, 7) is 1.96. The number of esters is 1. The molecule has 1 aromatic carbocycles. The number of pyridine rings is 1. The summed E-state index contributed by atoms with van der Waals surface area (Å²) in [6, 6.07) is 7.04. The Bertz CT molecular complexity index is 592. The van der Waals surface area contributed by atoms with Crippen LogP contribution in [0.4, 0.5) is 4.39 Å². The molecule has 0 unspecified atom stereocenters. The molecule has 0 amide bonds. The van der Waals surface area contributed by atoms with Crippen LogP contribution in [0, 0.1) is 0 Å². The Kier molecular flexibility index (Phi) is 5.05. The van der Waals surface area contributed by atoms with Crippen molar-refractivity contribution in [1.29, 1.82) is 0 Å². The van der Waals surface area contributed by atoms with E-state index in [0.29, 0.717) is 18.1 Å². The van der Waals surface area contributed by atoms with Gasteiger partial charge in [-0.25, -0.2) is 4.79 Å². The van der Waals surface area contributed by atoms with Gasteiger partial charge in [-0.2, -0.15) is 0 Å². The van der Waals surface area contributed by atoms with Gasteiger partial charge in [0.05, 0.1) is 13.8 Å². The zero-order chi connectivity index (χ0) is 13.5. The number of aromatic nitrogens is 1. The van der Waals surface area contributed by atoms with Crippen LogP contribution in [0.2, 0.25) is 0 Å². The first-order valence-corrected chi connectivity index (χ1v) is 5.39. The third-order valence-corrected chi connectivity index (χ3v) is 2.28. The van der Waals surface area contributed by atoms with Crippen LogP contribution in [0.5, 0.6) is 0 Å². The number of nitrogens with one attached hydrogen (secondary N) is 1. The van der Waals surface area contributed by atoms with Gasteiger partial charge in [-0.05, 0) is 19.1 Å². The standard InChI is InChI=1S/C12H11NO3.CH3F/c1-2-16-12(15)9-7-13-10-6-4-3-5-8(10)11(9)14;1-2/h3-7H,2H2,1H3,(H,13,14);1H3. The van der Waals surface area contributed by atoms with Gasteiger partial charge in [0.1, 0.15) is 5.56 Å². The highest BCUT2D eigenvalue weighted by molar-refractivity contribution is 5.93. The Hall–Kier alpha value is -2.17. The summed E-state index contributed by atoms with van der Waals surface area (Å²) >= 11 is 0. The van der Waals surface area contributed by atoms with E-state index >= 15 is 0 Å². The first kappa shape index (κ1) is 13.9. The maximum atomic E-state index is 11.9. The van der Waals surface area contributed by atoms with Crippen LogP contribution in [-0.2, 0) is 4.74 Å². The number of fused-ring (bicyclic) bond motifs is 1. The quantitative estimate of drug-likeness (QED) is 0.833. The molecule has 0 aliphatic heterocycles. The monoisotopic (exact) mass is 251 g/mol. The van der Waals surface area contributed by atoms with Crippen LogP contribution in [-0.4, -0.2) is 24.7 Å². The number of halogens is 1. The zero-order valence-electron chi connectivity index (χ0n) is 10.2. The van der Waals surface area contributed by atoms with Gasteiger partial charge in [0, 0.05) is 17.1 Å². The Morgan fingerprint density at radius 2 is 2.00 bits per heavy atom. The average Bonchev–Trinajstić information content (AvgIpc) is 2.42. The smallest absolute Gasteiger partial charge is 0.343 e. The lowest BCUT2D eigenvalue weighted by atomic mass is 10.1. The summed E-state index contributed by atoms with van der Waals surface area (Å²) in [5.41, 5.74) is 0.453. The van der Waals surface area contributed by atoms with E-state index in [0.717, 1.165) is 0 Å². The van der Waals surface area contributed by atoms with Crippen molar-refractivity contribution in [3.8, 4) is 0 Å². The molecule has 0 spiro atoms. The van der Waals surface area contributed by atoms with Crippen molar-refractivity contribution in [2.75, 3.05) is 13.8 Å². The molecular formula is C13H14FNO3. The summed E-state index contributed by atoms with van der Waals surface area (Å²) in [7, 11) is 0.500. The minimum absolute atomic E-state index is 0.0422. The number of carbonyl (C=O) groups excluding carboxylic acids is 1. The molecule has 96 valence electrons. The van der Waals surface area contributed by atoms with E-state index in [1.165, 1.54) is 6.20 Å². The van der Waals surface area contributed by atoms with Crippen molar-refractivity contribution in [2.45, 2.75) is 6.92 Å². The molecule has 2 rings (SSSR count). The van der Waals surface area contributed by atoms with E-state index in [4.69, 9.17) is 4.74 Å². The van der Waals surface area contributed by atoms with Crippen LogP contribution < -0.4 is 5.43 Å². The largest absolute Gasteiger partial charge is 0.462 e. The van der Waals surface area contributed by atoms with Gasteiger partial charge in [-0.15, -0.1) is 0 Å². The Labute approximate surface area is 103 Å². The predicted octanol–water partition coefficient (Wildman–Crippen LogP) is 2.29. The first-order chi connectivity index (χ1) is 8.74. The van der Waals surface area contributed by atoms with Gasteiger partial charge >= 0.3 is 5.97 Å². The average molecular weight is 251 g/mol. The van der Waals surface area contributed by atoms with Crippen molar-refractivity contribution in [3.05, 3.63) is 46.2 Å². The van der Waals surface area contributed by atoms with E-state index in [-0.39, 0.29) is 17.6 Å². The van der Waals surface area contributed by atoms with Crippen molar-refractivity contribution >= 4 is 16.9 Å². The molecule has 4 nitrogen and oxygen atoms in total. The first-order valence-electron chi connectivity index (χ1n) is 5.39. The molecule has 2 aromatic rings. The number of hydrogen-bond donors (Lipinski definition) is 1. The zero-order valence-corrected chi connectivity index (χ0v) is 10.2. The number of ether oxygens (including phenoxy) is 1. The highest BCUT2D eigenvalue weighted by Crippen LogP contribution is 2.07. The van der Waals surface area contributed by atoms with Crippen LogP contribution in [0.1, 0.15) is 17.3 Å². The Balaban J connectivity index is 0.000000771. The van der Waals surface area contributed by atoms with Crippen molar-refractivity contribution in [1.82, 2.24) is 4.98 Å². The van der Waals surface area contributed by atoms with E-state index in [1.807, 2.05) is 6.07 Å². The van der Waals surface area contributed by atoms with Gasteiger partial charge in [-0.1, -0.05) is 12.1 Å². The van der Waals surface area contributed by atoms with E-state index in [2.05, 4.69) is 4.98 Å². The molecule has 0 radical (unpaired) electrons. The van der Waals surface area contributed by atoms with Gasteiger partial charge in [0.25, 0.3) is 0 Å². The lowest BCUT2D eigenvalue weighted by Gasteiger charge is -2.02. The fraction of sp³-hybridized carbons (Fsp3) is 0.231. The summed E-state index contributed by atoms with van der Waals surface area (Å²) in [6.07, 6.45) is 1.39. The molecule has 0 bridgehead atoms. The summed E-state index contributed by atoms with van der Waals surface area (Å²) in [5.74, 6) is -0.588. The fourth-order valence-corrected chi connectivity index (χ4v) is 1.53. The number of H-pyrrole nitrogens is 1. The molecule has 1 N–H and O–H groups in total. The van der Waals surface area contributed by atoms with E-state index < -0.39 is 5.97 Å². The maximum Gasteiger partial charge on any atom is 0.343 e. The normalized spacial score (nSPS) is 9.50. The number of alkyl halides is 1. The molecule has 0 aliphatic rings. The number of benzene rings is 1. The number of aromatic amines is 1. The second-order valence-corrected chi connectivity index (χ2v) is 3.30. The predicted molar refractivity (Wildman–Crippen MR) is 67.6 cm³/mol. The molecule has 5 heteroatoms. The Morgan fingerprint density at radius 1 is 1.33 bits per heavy atom. The van der Waals surface area contributed by atoms with Crippen LogP contribution >= 0.6 is 0 Å². The number of hydrogen-bond acceptors (Lipinski definition) is 3. The molecule has 1 heterocycles. The molecule has 0 saturated heterocycles. The minimum Gasteiger partial charge on any atom is -0.462 e. The van der Waals surface area contributed by atoms with Crippen molar-refractivity contribution in [3.63, 3.8) is 0 Å². The van der Waals surface area contributed by atoms with E-state index in [9.17, 15) is 14.0 Å².